The number of carbonyl (C=O) groups is 2. The van der Waals surface area contributed by atoms with E-state index in [-0.39, 0.29) is 18.3 Å². The third-order valence-corrected chi connectivity index (χ3v) is 4.56. The van der Waals surface area contributed by atoms with E-state index in [0.717, 1.165) is 22.4 Å². The Morgan fingerprint density at radius 3 is 2.50 bits per heavy atom. The Balaban J connectivity index is 1.73. The zero-order chi connectivity index (χ0) is 17.3. The first kappa shape index (κ1) is 16.2. The lowest BCUT2D eigenvalue weighted by molar-refractivity contribution is -0.139. The number of hydrogen-bond acceptors (Lipinski definition) is 3. The van der Waals surface area contributed by atoms with Gasteiger partial charge in [0, 0.05) is 18.7 Å². The first-order chi connectivity index (χ1) is 11.5. The summed E-state index contributed by atoms with van der Waals surface area (Å²) in [4.78, 5) is 26.4. The lowest BCUT2D eigenvalue weighted by Gasteiger charge is -2.20. The predicted molar refractivity (Wildman–Crippen MR) is 93.2 cm³/mol. The fraction of sp³-hybridized carbons (Fsp3) is 0.300. The van der Waals surface area contributed by atoms with Gasteiger partial charge in [0.15, 0.2) is 0 Å². The molecule has 1 atom stereocenters. The smallest absolute Gasteiger partial charge is 0.316 e. The second-order valence-corrected chi connectivity index (χ2v) is 6.36. The van der Waals surface area contributed by atoms with Crippen molar-refractivity contribution in [2.45, 2.75) is 27.2 Å². The summed E-state index contributed by atoms with van der Waals surface area (Å²) in [6.45, 7) is 6.36. The molecule has 1 aliphatic rings. The summed E-state index contributed by atoms with van der Waals surface area (Å²) in [7, 11) is 0. The molecule has 1 fully saturated rings. The van der Waals surface area contributed by atoms with Crippen molar-refractivity contribution >= 4 is 17.6 Å². The molecule has 2 aromatic carbocycles. The summed E-state index contributed by atoms with van der Waals surface area (Å²) in [6.07, 6.45) is 0.193. The minimum Gasteiger partial charge on any atom is -0.426 e. The maximum atomic E-state index is 12.4. The summed E-state index contributed by atoms with van der Waals surface area (Å²) in [5, 5.41) is 0. The van der Waals surface area contributed by atoms with E-state index in [4.69, 9.17) is 4.74 Å². The van der Waals surface area contributed by atoms with Crippen LogP contribution in [0.1, 0.15) is 23.1 Å². The minimum atomic E-state index is -0.432. The van der Waals surface area contributed by atoms with Crippen molar-refractivity contribution in [3.8, 4) is 5.75 Å². The zero-order valence-electron chi connectivity index (χ0n) is 14.2. The van der Waals surface area contributed by atoms with Gasteiger partial charge in [-0.2, -0.15) is 0 Å². The molecular weight excluding hydrogens is 302 g/mol. The predicted octanol–water partition coefficient (Wildman–Crippen LogP) is 3.57. The van der Waals surface area contributed by atoms with Gasteiger partial charge in [0.25, 0.3) is 0 Å². The fourth-order valence-corrected chi connectivity index (χ4v) is 2.93. The van der Waals surface area contributed by atoms with Crippen LogP contribution in [0.2, 0.25) is 0 Å². The standard InChI is InChI=1S/C20H21NO3/c1-13-7-9-17(10-8-13)24-20(23)16-11-19(22)21(12-16)18-6-4-5-14(2)15(18)3/h4-10,16H,11-12H2,1-3H3. The number of aryl methyl sites for hydroxylation is 2. The molecule has 0 saturated carbocycles. The Morgan fingerprint density at radius 1 is 1.08 bits per heavy atom. The second-order valence-electron chi connectivity index (χ2n) is 6.36. The molecule has 0 bridgehead atoms. The highest BCUT2D eigenvalue weighted by Gasteiger charge is 2.37. The average molecular weight is 323 g/mol. The molecule has 1 unspecified atom stereocenters. The van der Waals surface area contributed by atoms with Gasteiger partial charge >= 0.3 is 5.97 Å². The van der Waals surface area contributed by atoms with Crippen LogP contribution < -0.4 is 9.64 Å². The molecular formula is C20H21NO3. The van der Waals surface area contributed by atoms with Crippen LogP contribution in [-0.2, 0) is 9.59 Å². The monoisotopic (exact) mass is 323 g/mol. The highest BCUT2D eigenvalue weighted by molar-refractivity contribution is 6.00. The maximum Gasteiger partial charge on any atom is 0.316 e. The quantitative estimate of drug-likeness (QED) is 0.641. The minimum absolute atomic E-state index is 0.0328. The van der Waals surface area contributed by atoms with Crippen LogP contribution in [0.25, 0.3) is 0 Å². The van der Waals surface area contributed by atoms with Crippen molar-refractivity contribution in [3.63, 3.8) is 0 Å². The highest BCUT2D eigenvalue weighted by Crippen LogP contribution is 2.30. The molecule has 0 aromatic heterocycles. The van der Waals surface area contributed by atoms with Gasteiger partial charge in [0.1, 0.15) is 5.75 Å². The molecule has 1 amide bonds. The number of rotatable bonds is 3. The number of amides is 1. The number of ether oxygens (including phenoxy) is 1. The van der Waals surface area contributed by atoms with E-state index in [1.807, 2.05) is 51.1 Å². The first-order valence-electron chi connectivity index (χ1n) is 8.10. The van der Waals surface area contributed by atoms with Crippen LogP contribution in [0.3, 0.4) is 0 Å². The van der Waals surface area contributed by atoms with Crippen molar-refractivity contribution in [2.24, 2.45) is 5.92 Å². The van der Waals surface area contributed by atoms with Gasteiger partial charge in [0.05, 0.1) is 5.92 Å². The Labute approximate surface area is 142 Å². The number of hydrogen-bond donors (Lipinski definition) is 0. The van der Waals surface area contributed by atoms with Gasteiger partial charge in [-0.25, -0.2) is 0 Å². The van der Waals surface area contributed by atoms with E-state index >= 15 is 0 Å². The summed E-state index contributed by atoms with van der Waals surface area (Å²) in [5.74, 6) is -0.295. The lowest BCUT2D eigenvalue weighted by atomic mass is 10.1. The number of nitrogens with zero attached hydrogens (tertiary/aromatic N) is 1. The molecule has 1 saturated heterocycles. The van der Waals surface area contributed by atoms with E-state index in [9.17, 15) is 9.59 Å². The Kier molecular flexibility index (Phi) is 4.38. The van der Waals surface area contributed by atoms with Crippen molar-refractivity contribution < 1.29 is 14.3 Å². The molecule has 0 spiro atoms. The Morgan fingerprint density at radius 2 is 1.79 bits per heavy atom. The van der Waals surface area contributed by atoms with E-state index in [2.05, 4.69) is 0 Å². The molecule has 124 valence electrons. The van der Waals surface area contributed by atoms with Gasteiger partial charge in [-0.15, -0.1) is 0 Å². The van der Waals surface area contributed by atoms with Crippen LogP contribution in [0.4, 0.5) is 5.69 Å². The van der Waals surface area contributed by atoms with Crippen LogP contribution in [-0.4, -0.2) is 18.4 Å². The second kappa shape index (κ2) is 6.48. The summed E-state index contributed by atoms with van der Waals surface area (Å²) >= 11 is 0. The van der Waals surface area contributed by atoms with E-state index in [0.29, 0.717) is 12.3 Å². The molecule has 0 radical (unpaired) electrons. The molecule has 4 heteroatoms. The number of carbonyl (C=O) groups excluding carboxylic acids is 2. The van der Waals surface area contributed by atoms with Crippen molar-refractivity contribution in [2.75, 3.05) is 11.4 Å². The van der Waals surface area contributed by atoms with Crippen LogP contribution in [0.5, 0.6) is 5.75 Å². The number of anilines is 1. The van der Waals surface area contributed by atoms with Gasteiger partial charge in [-0.3, -0.25) is 9.59 Å². The Bertz CT molecular complexity index is 780. The zero-order valence-corrected chi connectivity index (χ0v) is 14.2. The SMILES string of the molecule is Cc1ccc(OC(=O)C2CC(=O)N(c3cccc(C)c3C)C2)cc1. The van der Waals surface area contributed by atoms with E-state index in [1.54, 1.807) is 17.0 Å². The van der Waals surface area contributed by atoms with Gasteiger partial charge < -0.3 is 9.64 Å². The first-order valence-corrected chi connectivity index (χ1v) is 8.10. The molecule has 0 aliphatic carbocycles. The summed E-state index contributed by atoms with van der Waals surface area (Å²) in [5.41, 5.74) is 4.18. The maximum absolute atomic E-state index is 12.4. The summed E-state index contributed by atoms with van der Waals surface area (Å²) in [6, 6.07) is 13.2. The van der Waals surface area contributed by atoms with Crippen LogP contribution in [0.15, 0.2) is 42.5 Å². The largest absolute Gasteiger partial charge is 0.426 e. The van der Waals surface area contributed by atoms with Gasteiger partial charge in [-0.1, -0.05) is 29.8 Å². The molecule has 1 heterocycles. The topological polar surface area (TPSA) is 46.6 Å². The normalized spacial score (nSPS) is 17.2. The van der Waals surface area contributed by atoms with Crippen LogP contribution in [0, 0.1) is 26.7 Å². The summed E-state index contributed by atoms with van der Waals surface area (Å²) < 4.78 is 5.42. The van der Waals surface area contributed by atoms with Gasteiger partial charge in [-0.05, 0) is 50.1 Å². The average Bonchev–Trinajstić information content (AvgIpc) is 2.94. The molecule has 0 N–H and O–H groups in total. The Hall–Kier alpha value is -2.62. The van der Waals surface area contributed by atoms with E-state index < -0.39 is 5.92 Å². The fourth-order valence-electron chi connectivity index (χ4n) is 2.93. The van der Waals surface area contributed by atoms with Crippen molar-refractivity contribution in [1.29, 1.82) is 0 Å². The number of esters is 1. The molecule has 1 aliphatic heterocycles. The van der Waals surface area contributed by atoms with Crippen LogP contribution >= 0.6 is 0 Å². The molecule has 4 nitrogen and oxygen atoms in total. The third kappa shape index (κ3) is 3.18. The van der Waals surface area contributed by atoms with E-state index in [1.165, 1.54) is 0 Å². The number of benzene rings is 2. The highest BCUT2D eigenvalue weighted by atomic mass is 16.5. The van der Waals surface area contributed by atoms with Crippen molar-refractivity contribution in [3.05, 3.63) is 59.2 Å². The third-order valence-electron chi connectivity index (χ3n) is 4.56. The molecule has 2 aromatic rings. The van der Waals surface area contributed by atoms with Crippen molar-refractivity contribution in [1.82, 2.24) is 0 Å². The molecule has 24 heavy (non-hydrogen) atoms. The molecule has 3 rings (SSSR count). The lowest BCUT2D eigenvalue weighted by Crippen LogP contribution is -2.28. The van der Waals surface area contributed by atoms with Gasteiger partial charge in [0.2, 0.25) is 5.91 Å².